The Hall–Kier alpha value is -2.75. The van der Waals surface area contributed by atoms with Gasteiger partial charge in [0.1, 0.15) is 5.75 Å². The molecule has 0 spiro atoms. The van der Waals surface area contributed by atoms with Crippen LogP contribution in [0.15, 0.2) is 36.4 Å². The van der Waals surface area contributed by atoms with Gasteiger partial charge in [-0.05, 0) is 54.8 Å². The van der Waals surface area contributed by atoms with Crippen molar-refractivity contribution in [3.05, 3.63) is 58.7 Å². The normalized spacial score (nSPS) is 10.8. The lowest BCUT2D eigenvalue weighted by molar-refractivity contribution is 0.104. The summed E-state index contributed by atoms with van der Waals surface area (Å²) in [5.74, 6) is 0.985. The number of aryl methyl sites for hydroxylation is 2. The third-order valence-electron chi connectivity index (χ3n) is 3.54. The van der Waals surface area contributed by atoms with Crippen molar-refractivity contribution in [2.45, 2.75) is 13.8 Å². The first-order valence-electron chi connectivity index (χ1n) is 7.21. The maximum atomic E-state index is 12.3. The minimum absolute atomic E-state index is 0.00413. The van der Waals surface area contributed by atoms with E-state index >= 15 is 0 Å². The number of methoxy groups -OCH3 is 2. The number of phenols is 1. The van der Waals surface area contributed by atoms with Gasteiger partial charge >= 0.3 is 0 Å². The van der Waals surface area contributed by atoms with Crippen LogP contribution in [0.5, 0.6) is 17.2 Å². The number of allylic oxidation sites excluding steroid dienone is 1. The van der Waals surface area contributed by atoms with E-state index in [1.807, 2.05) is 26.0 Å². The minimum Gasteiger partial charge on any atom is -0.507 e. The number of hydrogen-bond acceptors (Lipinski definition) is 4. The van der Waals surface area contributed by atoms with Gasteiger partial charge in [-0.15, -0.1) is 0 Å². The van der Waals surface area contributed by atoms with Crippen molar-refractivity contribution >= 4 is 11.9 Å². The van der Waals surface area contributed by atoms with Gasteiger partial charge in [-0.25, -0.2) is 0 Å². The summed E-state index contributed by atoms with van der Waals surface area (Å²) in [6, 6.07) is 8.84. The Kier molecular flexibility index (Phi) is 5.06. The van der Waals surface area contributed by atoms with Crippen molar-refractivity contribution in [2.24, 2.45) is 0 Å². The van der Waals surface area contributed by atoms with E-state index in [1.165, 1.54) is 6.08 Å². The molecular formula is C19H20O4. The summed E-state index contributed by atoms with van der Waals surface area (Å²) in [6.45, 7) is 3.69. The zero-order valence-electron chi connectivity index (χ0n) is 13.7. The molecule has 0 unspecified atom stereocenters. The molecule has 0 aliphatic heterocycles. The number of carbonyl (C=O) groups is 1. The zero-order chi connectivity index (χ0) is 17.0. The van der Waals surface area contributed by atoms with E-state index in [0.717, 1.165) is 16.7 Å². The van der Waals surface area contributed by atoms with Gasteiger partial charge in [0.25, 0.3) is 0 Å². The molecule has 0 amide bonds. The van der Waals surface area contributed by atoms with Crippen LogP contribution >= 0.6 is 0 Å². The van der Waals surface area contributed by atoms with Crippen LogP contribution in [0.3, 0.4) is 0 Å². The fourth-order valence-electron chi connectivity index (χ4n) is 2.48. The summed E-state index contributed by atoms with van der Waals surface area (Å²) in [5.41, 5.74) is 2.80. The Morgan fingerprint density at radius 1 is 1.04 bits per heavy atom. The molecule has 0 radical (unpaired) electrons. The molecule has 0 aliphatic carbocycles. The van der Waals surface area contributed by atoms with Crippen LogP contribution in [0.1, 0.15) is 27.0 Å². The van der Waals surface area contributed by atoms with Crippen LogP contribution in [-0.4, -0.2) is 25.1 Å². The van der Waals surface area contributed by atoms with Crippen molar-refractivity contribution in [1.29, 1.82) is 0 Å². The second-order valence-electron chi connectivity index (χ2n) is 5.29. The van der Waals surface area contributed by atoms with Crippen molar-refractivity contribution in [1.82, 2.24) is 0 Å². The Balaban J connectivity index is 2.29. The summed E-state index contributed by atoms with van der Waals surface area (Å²) >= 11 is 0. The molecule has 0 aliphatic rings. The zero-order valence-corrected chi connectivity index (χ0v) is 13.7. The topological polar surface area (TPSA) is 55.8 Å². The molecule has 2 aromatic rings. The average Bonchev–Trinajstić information content (AvgIpc) is 2.51. The van der Waals surface area contributed by atoms with E-state index in [9.17, 15) is 9.90 Å². The molecule has 2 aromatic carbocycles. The van der Waals surface area contributed by atoms with Gasteiger partial charge in [0.15, 0.2) is 17.3 Å². The minimum atomic E-state index is -0.241. The van der Waals surface area contributed by atoms with Crippen LogP contribution in [0.2, 0.25) is 0 Å². The Bertz CT molecular complexity index is 737. The lowest BCUT2D eigenvalue weighted by Crippen LogP contribution is -1.99. The number of carbonyl (C=O) groups excluding carboxylic acids is 1. The second kappa shape index (κ2) is 7.01. The maximum absolute atomic E-state index is 12.3. The largest absolute Gasteiger partial charge is 0.507 e. The maximum Gasteiger partial charge on any atom is 0.189 e. The molecule has 0 fully saturated rings. The molecule has 23 heavy (non-hydrogen) atoms. The number of phenolic OH excluding ortho intramolecular Hbond substituents is 1. The van der Waals surface area contributed by atoms with E-state index in [-0.39, 0.29) is 11.5 Å². The lowest BCUT2D eigenvalue weighted by atomic mass is 10.00. The first-order chi connectivity index (χ1) is 11.0. The van der Waals surface area contributed by atoms with Crippen molar-refractivity contribution in [2.75, 3.05) is 14.2 Å². The van der Waals surface area contributed by atoms with Gasteiger partial charge in [0.2, 0.25) is 0 Å². The highest BCUT2D eigenvalue weighted by molar-refractivity contribution is 6.09. The van der Waals surface area contributed by atoms with Crippen LogP contribution in [-0.2, 0) is 0 Å². The number of aromatic hydroxyl groups is 1. The molecule has 0 aromatic heterocycles. The van der Waals surface area contributed by atoms with Crippen molar-refractivity contribution in [3.63, 3.8) is 0 Å². The number of hydrogen-bond donors (Lipinski definition) is 1. The SMILES string of the molecule is COc1ccc(/C=C/C(=O)c2c(C)cc(C)cc2O)cc1OC. The summed E-state index contributed by atoms with van der Waals surface area (Å²) < 4.78 is 10.4. The number of rotatable bonds is 5. The molecule has 0 bridgehead atoms. The van der Waals surface area contributed by atoms with E-state index in [4.69, 9.17) is 9.47 Å². The fraction of sp³-hybridized carbons (Fsp3) is 0.211. The molecule has 4 heteroatoms. The third-order valence-corrected chi connectivity index (χ3v) is 3.54. The van der Waals surface area contributed by atoms with E-state index in [1.54, 1.807) is 38.5 Å². The second-order valence-corrected chi connectivity index (χ2v) is 5.29. The molecule has 1 N–H and O–H groups in total. The highest BCUT2D eigenvalue weighted by Gasteiger charge is 2.12. The van der Waals surface area contributed by atoms with Gasteiger partial charge in [-0.2, -0.15) is 0 Å². The van der Waals surface area contributed by atoms with Crippen LogP contribution in [0.4, 0.5) is 0 Å². The van der Waals surface area contributed by atoms with Crippen LogP contribution in [0, 0.1) is 13.8 Å². The molecule has 2 rings (SSSR count). The average molecular weight is 312 g/mol. The van der Waals surface area contributed by atoms with E-state index in [2.05, 4.69) is 0 Å². The van der Waals surface area contributed by atoms with E-state index in [0.29, 0.717) is 17.1 Å². The fourth-order valence-corrected chi connectivity index (χ4v) is 2.48. The highest BCUT2D eigenvalue weighted by Crippen LogP contribution is 2.28. The molecular weight excluding hydrogens is 292 g/mol. The van der Waals surface area contributed by atoms with Gasteiger partial charge in [0, 0.05) is 0 Å². The lowest BCUT2D eigenvalue weighted by Gasteiger charge is -2.08. The van der Waals surface area contributed by atoms with Gasteiger partial charge in [0.05, 0.1) is 19.8 Å². The first-order valence-corrected chi connectivity index (χ1v) is 7.21. The number of benzene rings is 2. The predicted octanol–water partition coefficient (Wildman–Crippen LogP) is 3.92. The number of ketones is 1. The van der Waals surface area contributed by atoms with Crippen molar-refractivity contribution < 1.29 is 19.4 Å². The summed E-state index contributed by atoms with van der Waals surface area (Å²) in [6.07, 6.45) is 3.13. The number of ether oxygens (including phenoxy) is 2. The highest BCUT2D eigenvalue weighted by atomic mass is 16.5. The molecule has 4 nitrogen and oxygen atoms in total. The molecule has 0 atom stereocenters. The molecule has 0 saturated heterocycles. The van der Waals surface area contributed by atoms with Gasteiger partial charge in [-0.1, -0.05) is 18.2 Å². The molecule has 0 heterocycles. The quantitative estimate of drug-likeness (QED) is 0.671. The van der Waals surface area contributed by atoms with Crippen molar-refractivity contribution in [3.8, 4) is 17.2 Å². The Morgan fingerprint density at radius 2 is 1.74 bits per heavy atom. The van der Waals surface area contributed by atoms with Gasteiger partial charge < -0.3 is 14.6 Å². The molecule has 0 saturated carbocycles. The van der Waals surface area contributed by atoms with Gasteiger partial charge in [-0.3, -0.25) is 4.79 Å². The monoisotopic (exact) mass is 312 g/mol. The van der Waals surface area contributed by atoms with E-state index < -0.39 is 0 Å². The smallest absolute Gasteiger partial charge is 0.189 e. The summed E-state index contributed by atoms with van der Waals surface area (Å²) in [5, 5.41) is 10.00. The standard InChI is InChI=1S/C19H20O4/c1-12-9-13(2)19(16(21)10-12)15(20)7-5-14-6-8-17(22-3)18(11-14)23-4/h5-11,21H,1-4H3/b7-5+. The van der Waals surface area contributed by atoms with Crippen LogP contribution < -0.4 is 9.47 Å². The Labute approximate surface area is 136 Å². The third kappa shape index (κ3) is 3.72. The summed E-state index contributed by atoms with van der Waals surface area (Å²) in [7, 11) is 3.13. The molecule has 120 valence electrons. The van der Waals surface area contributed by atoms with Crippen LogP contribution in [0.25, 0.3) is 6.08 Å². The Morgan fingerprint density at radius 3 is 2.35 bits per heavy atom. The summed E-state index contributed by atoms with van der Waals surface area (Å²) in [4.78, 5) is 12.3. The predicted molar refractivity (Wildman–Crippen MR) is 90.5 cm³/mol. The first kappa shape index (κ1) is 16.6.